The second-order valence-corrected chi connectivity index (χ2v) is 6.48. The molecule has 0 fully saturated rings. The number of carbonyl (C=O) groups excluding carboxylic acids is 1. The Bertz CT molecular complexity index is 1010. The molecule has 4 nitrogen and oxygen atoms in total. The van der Waals surface area contributed by atoms with Crippen LogP contribution in [-0.2, 0) is 4.74 Å². The Kier molecular flexibility index (Phi) is 5.30. The molecule has 3 rings (SSSR count). The summed E-state index contributed by atoms with van der Waals surface area (Å²) in [4.78, 5) is 16.7. The van der Waals surface area contributed by atoms with E-state index in [1.807, 2.05) is 6.92 Å². The summed E-state index contributed by atoms with van der Waals surface area (Å²) in [5.41, 5.74) is 2.80. The fourth-order valence-electron chi connectivity index (χ4n) is 2.65. The molecule has 0 atom stereocenters. The number of aryl methyl sites for hydroxylation is 1. The van der Waals surface area contributed by atoms with Gasteiger partial charge >= 0.3 is 5.97 Å². The highest BCUT2D eigenvalue weighted by Crippen LogP contribution is 2.34. The minimum absolute atomic E-state index is 0.0275. The number of esters is 1. The molecule has 0 aliphatic rings. The van der Waals surface area contributed by atoms with Gasteiger partial charge in [0.05, 0.1) is 22.8 Å². The molecule has 2 aromatic carbocycles. The summed E-state index contributed by atoms with van der Waals surface area (Å²) >= 11 is 12.1. The molecule has 0 aliphatic carbocycles. The zero-order valence-electron chi connectivity index (χ0n) is 14.1. The van der Waals surface area contributed by atoms with Gasteiger partial charge in [-0.2, -0.15) is 0 Å². The lowest BCUT2D eigenvalue weighted by atomic mass is 10.1. The number of nitrogens with one attached hydrogen (secondary N) is 1. The SMILES string of the molecule is CCOC(=O)c1cnc2c(C)cc(Cl)cc2c1Nc1ccc(F)c(Cl)c1. The first-order valence-electron chi connectivity index (χ1n) is 7.88. The number of nitrogens with zero attached hydrogens (tertiary/aromatic N) is 1. The van der Waals surface area contributed by atoms with Gasteiger partial charge < -0.3 is 10.1 Å². The molecule has 0 aliphatic heterocycles. The van der Waals surface area contributed by atoms with Crippen LogP contribution in [0, 0.1) is 12.7 Å². The minimum Gasteiger partial charge on any atom is -0.462 e. The number of aromatic nitrogens is 1. The molecule has 0 saturated carbocycles. The fraction of sp³-hybridized carbons (Fsp3) is 0.158. The molecule has 0 spiro atoms. The highest BCUT2D eigenvalue weighted by molar-refractivity contribution is 6.32. The van der Waals surface area contributed by atoms with Crippen molar-refractivity contribution in [2.45, 2.75) is 13.8 Å². The molecule has 134 valence electrons. The highest BCUT2D eigenvalue weighted by Gasteiger charge is 2.18. The van der Waals surface area contributed by atoms with Crippen LogP contribution in [0.1, 0.15) is 22.8 Å². The first-order valence-corrected chi connectivity index (χ1v) is 8.64. The molecule has 0 unspecified atom stereocenters. The molecule has 1 aromatic heterocycles. The molecule has 26 heavy (non-hydrogen) atoms. The Morgan fingerprint density at radius 3 is 2.73 bits per heavy atom. The van der Waals surface area contributed by atoms with Crippen molar-refractivity contribution in [2.24, 2.45) is 0 Å². The predicted molar refractivity (Wildman–Crippen MR) is 102 cm³/mol. The van der Waals surface area contributed by atoms with E-state index in [0.29, 0.717) is 27.3 Å². The number of anilines is 2. The van der Waals surface area contributed by atoms with Crippen molar-refractivity contribution in [1.82, 2.24) is 4.98 Å². The van der Waals surface area contributed by atoms with Crippen LogP contribution in [0.5, 0.6) is 0 Å². The number of carbonyl (C=O) groups is 1. The zero-order chi connectivity index (χ0) is 18.8. The van der Waals surface area contributed by atoms with Crippen LogP contribution in [0.4, 0.5) is 15.8 Å². The Labute approximate surface area is 159 Å². The van der Waals surface area contributed by atoms with E-state index in [0.717, 1.165) is 5.56 Å². The van der Waals surface area contributed by atoms with Crippen LogP contribution in [0.25, 0.3) is 10.9 Å². The molecule has 1 heterocycles. The standard InChI is InChI=1S/C19H15Cl2FN2O2/c1-3-26-19(25)14-9-23-17-10(2)6-11(20)7-13(17)18(14)24-12-4-5-16(22)15(21)8-12/h4-9H,3H2,1-2H3,(H,23,24). The van der Waals surface area contributed by atoms with E-state index in [9.17, 15) is 9.18 Å². The van der Waals surface area contributed by atoms with Gasteiger partial charge in [-0.3, -0.25) is 4.98 Å². The largest absolute Gasteiger partial charge is 0.462 e. The second-order valence-electron chi connectivity index (χ2n) is 5.64. The summed E-state index contributed by atoms with van der Waals surface area (Å²) in [5, 5.41) is 4.26. The van der Waals surface area contributed by atoms with Crippen molar-refractivity contribution in [3.05, 3.63) is 63.5 Å². The van der Waals surface area contributed by atoms with Gasteiger partial charge in [-0.15, -0.1) is 0 Å². The van der Waals surface area contributed by atoms with Crippen molar-refractivity contribution in [2.75, 3.05) is 11.9 Å². The van der Waals surface area contributed by atoms with Crippen LogP contribution < -0.4 is 5.32 Å². The highest BCUT2D eigenvalue weighted by atomic mass is 35.5. The number of halogens is 3. The Balaban J connectivity index is 2.22. The molecule has 7 heteroatoms. The van der Waals surface area contributed by atoms with Gasteiger partial charge in [0.2, 0.25) is 0 Å². The Morgan fingerprint density at radius 1 is 1.27 bits per heavy atom. The number of hydrogen-bond acceptors (Lipinski definition) is 4. The van der Waals surface area contributed by atoms with Crippen LogP contribution in [0.15, 0.2) is 36.5 Å². The lowest BCUT2D eigenvalue weighted by molar-refractivity contribution is 0.0527. The van der Waals surface area contributed by atoms with Crippen molar-refractivity contribution >= 4 is 51.4 Å². The maximum absolute atomic E-state index is 13.4. The first-order chi connectivity index (χ1) is 12.4. The van der Waals surface area contributed by atoms with Gasteiger partial charge in [0.1, 0.15) is 11.4 Å². The van der Waals surface area contributed by atoms with Crippen LogP contribution in [-0.4, -0.2) is 17.6 Å². The lowest BCUT2D eigenvalue weighted by Gasteiger charge is -2.15. The maximum atomic E-state index is 13.4. The van der Waals surface area contributed by atoms with Gasteiger partial charge in [-0.1, -0.05) is 23.2 Å². The third kappa shape index (κ3) is 3.59. The van der Waals surface area contributed by atoms with E-state index >= 15 is 0 Å². The van der Waals surface area contributed by atoms with E-state index in [-0.39, 0.29) is 17.2 Å². The summed E-state index contributed by atoms with van der Waals surface area (Å²) in [6.07, 6.45) is 1.45. The van der Waals surface area contributed by atoms with Crippen molar-refractivity contribution in [1.29, 1.82) is 0 Å². The van der Waals surface area contributed by atoms with Crippen molar-refractivity contribution in [3.8, 4) is 0 Å². The summed E-state index contributed by atoms with van der Waals surface area (Å²) in [6, 6.07) is 7.72. The number of pyridine rings is 1. The third-order valence-electron chi connectivity index (χ3n) is 3.81. The van der Waals surface area contributed by atoms with E-state index in [1.165, 1.54) is 24.4 Å². The van der Waals surface area contributed by atoms with E-state index in [1.54, 1.807) is 19.1 Å². The molecule has 0 amide bonds. The van der Waals surface area contributed by atoms with Gasteiger partial charge in [-0.25, -0.2) is 9.18 Å². The molecule has 0 bridgehead atoms. The average molecular weight is 393 g/mol. The van der Waals surface area contributed by atoms with Gasteiger partial charge in [0, 0.05) is 22.3 Å². The predicted octanol–water partition coefficient (Wildman–Crippen LogP) is 5.91. The number of hydrogen-bond donors (Lipinski definition) is 1. The summed E-state index contributed by atoms with van der Waals surface area (Å²) in [7, 11) is 0. The Hall–Kier alpha value is -2.37. The van der Waals surface area contributed by atoms with Crippen molar-refractivity contribution in [3.63, 3.8) is 0 Å². The van der Waals surface area contributed by atoms with E-state index in [2.05, 4.69) is 10.3 Å². The van der Waals surface area contributed by atoms with Crippen LogP contribution >= 0.6 is 23.2 Å². The third-order valence-corrected chi connectivity index (χ3v) is 4.32. The van der Waals surface area contributed by atoms with E-state index < -0.39 is 11.8 Å². The van der Waals surface area contributed by atoms with Gasteiger partial charge in [0.25, 0.3) is 0 Å². The quantitative estimate of drug-likeness (QED) is 0.560. The number of fused-ring (bicyclic) bond motifs is 1. The second kappa shape index (κ2) is 7.48. The summed E-state index contributed by atoms with van der Waals surface area (Å²) < 4.78 is 18.6. The average Bonchev–Trinajstić information content (AvgIpc) is 2.58. The minimum atomic E-state index is -0.527. The first kappa shape index (κ1) is 18.4. The number of ether oxygens (including phenoxy) is 1. The molecular weight excluding hydrogens is 378 g/mol. The molecule has 3 aromatic rings. The zero-order valence-corrected chi connectivity index (χ0v) is 15.6. The normalized spacial score (nSPS) is 10.8. The lowest BCUT2D eigenvalue weighted by Crippen LogP contribution is -2.09. The molecule has 0 saturated heterocycles. The smallest absolute Gasteiger partial charge is 0.341 e. The topological polar surface area (TPSA) is 51.2 Å². The Morgan fingerprint density at radius 2 is 2.04 bits per heavy atom. The summed E-state index contributed by atoms with van der Waals surface area (Å²) in [5.74, 6) is -1.04. The van der Waals surface area contributed by atoms with Gasteiger partial charge in [-0.05, 0) is 49.7 Å². The molecule has 1 N–H and O–H groups in total. The number of rotatable bonds is 4. The number of benzene rings is 2. The van der Waals surface area contributed by atoms with Gasteiger partial charge in [0.15, 0.2) is 0 Å². The summed E-state index contributed by atoms with van der Waals surface area (Å²) in [6.45, 7) is 3.83. The monoisotopic (exact) mass is 392 g/mol. The molecular formula is C19H15Cl2FN2O2. The maximum Gasteiger partial charge on any atom is 0.341 e. The fourth-order valence-corrected chi connectivity index (χ4v) is 3.11. The van der Waals surface area contributed by atoms with Crippen LogP contribution in [0.2, 0.25) is 10.0 Å². The van der Waals surface area contributed by atoms with E-state index in [4.69, 9.17) is 27.9 Å². The van der Waals surface area contributed by atoms with Crippen LogP contribution in [0.3, 0.4) is 0 Å². The van der Waals surface area contributed by atoms with Crippen molar-refractivity contribution < 1.29 is 13.9 Å². The molecule has 0 radical (unpaired) electrons.